The number of rotatable bonds is 8. The van der Waals surface area contributed by atoms with E-state index in [0.29, 0.717) is 43.4 Å². The van der Waals surface area contributed by atoms with E-state index in [9.17, 15) is 14.3 Å². The van der Waals surface area contributed by atoms with E-state index in [4.69, 9.17) is 4.98 Å². The van der Waals surface area contributed by atoms with Crippen LogP contribution in [0.3, 0.4) is 0 Å². The molecule has 0 unspecified atom stereocenters. The summed E-state index contributed by atoms with van der Waals surface area (Å²) in [4.78, 5) is 24.3. The summed E-state index contributed by atoms with van der Waals surface area (Å²) >= 11 is 0. The number of pyridine rings is 2. The van der Waals surface area contributed by atoms with E-state index in [2.05, 4.69) is 35.8 Å². The highest BCUT2D eigenvalue weighted by atomic mass is 19.1. The van der Waals surface area contributed by atoms with Gasteiger partial charge in [0.05, 0.1) is 24.4 Å². The molecule has 5 rings (SSSR count). The third kappa shape index (κ3) is 5.49. The molecule has 12 heteroatoms. The van der Waals surface area contributed by atoms with Crippen LogP contribution in [-0.2, 0) is 11.3 Å². The van der Waals surface area contributed by atoms with Gasteiger partial charge >= 0.3 is 0 Å². The van der Waals surface area contributed by atoms with Crippen molar-refractivity contribution < 1.29 is 14.3 Å². The van der Waals surface area contributed by atoms with Crippen molar-refractivity contribution in [2.75, 3.05) is 29.9 Å². The van der Waals surface area contributed by atoms with E-state index in [1.54, 1.807) is 18.3 Å². The number of hydrogen-bond acceptors (Lipinski definition) is 8. The number of carbonyl (C=O) groups is 1. The van der Waals surface area contributed by atoms with Crippen molar-refractivity contribution in [1.82, 2.24) is 35.3 Å². The molecule has 4 N–H and O–H groups in total. The zero-order valence-corrected chi connectivity index (χ0v) is 21.3. The number of aromatic nitrogens is 6. The van der Waals surface area contributed by atoms with Crippen LogP contribution in [0.4, 0.5) is 21.8 Å². The van der Waals surface area contributed by atoms with Gasteiger partial charge in [-0.3, -0.25) is 9.89 Å². The standard InChI is InChI=1S/C26H30FN9O2/c1-17-9-21(31-22-11-18(2)33-34-22)32-24(10-17)35-7-5-26(16-37,6-8-35)25(38)29-13-19-3-4-23(28-12-19)36-15-20(27)14-30-36/h3-4,9-12,14-15,37H,5-8,13,16H2,1-2H3,(H,29,38)(H2,31,32,33,34). The van der Waals surface area contributed by atoms with Gasteiger partial charge in [0, 0.05) is 37.6 Å². The van der Waals surface area contributed by atoms with Crippen LogP contribution in [0.5, 0.6) is 0 Å². The topological polar surface area (TPSA) is 137 Å². The molecule has 198 valence electrons. The first-order valence-electron chi connectivity index (χ1n) is 12.4. The molecule has 4 aromatic rings. The zero-order valence-electron chi connectivity index (χ0n) is 21.3. The Morgan fingerprint density at radius 2 is 1.95 bits per heavy atom. The molecule has 0 bridgehead atoms. The maximum atomic E-state index is 13.2. The number of aromatic amines is 1. The van der Waals surface area contributed by atoms with Crippen molar-refractivity contribution in [3.63, 3.8) is 0 Å². The van der Waals surface area contributed by atoms with E-state index in [0.717, 1.165) is 28.8 Å². The quantitative estimate of drug-likeness (QED) is 0.279. The van der Waals surface area contributed by atoms with Gasteiger partial charge < -0.3 is 20.6 Å². The lowest BCUT2D eigenvalue weighted by Crippen LogP contribution is -2.51. The maximum Gasteiger partial charge on any atom is 0.228 e. The van der Waals surface area contributed by atoms with E-state index in [1.165, 1.54) is 10.9 Å². The number of piperidine rings is 1. The van der Waals surface area contributed by atoms with Crippen molar-refractivity contribution in [1.29, 1.82) is 0 Å². The van der Waals surface area contributed by atoms with Gasteiger partial charge in [-0.15, -0.1) is 0 Å². The lowest BCUT2D eigenvalue weighted by Gasteiger charge is -2.40. The Balaban J connectivity index is 1.19. The molecule has 0 atom stereocenters. The number of carbonyl (C=O) groups excluding carboxylic acids is 1. The molecule has 1 aliphatic rings. The van der Waals surface area contributed by atoms with Gasteiger partial charge in [-0.1, -0.05) is 6.07 Å². The summed E-state index contributed by atoms with van der Waals surface area (Å²) in [5.74, 6) is 2.05. The van der Waals surface area contributed by atoms with Crippen LogP contribution in [0.25, 0.3) is 5.82 Å². The molecule has 38 heavy (non-hydrogen) atoms. The van der Waals surface area contributed by atoms with E-state index >= 15 is 0 Å². The Morgan fingerprint density at radius 3 is 2.58 bits per heavy atom. The first-order valence-corrected chi connectivity index (χ1v) is 12.4. The van der Waals surface area contributed by atoms with Crippen LogP contribution >= 0.6 is 0 Å². The summed E-state index contributed by atoms with van der Waals surface area (Å²) in [5.41, 5.74) is 1.93. The number of anilines is 3. The van der Waals surface area contributed by atoms with Crippen LogP contribution in [0.2, 0.25) is 0 Å². The molecule has 0 aliphatic carbocycles. The predicted molar refractivity (Wildman–Crippen MR) is 140 cm³/mol. The highest BCUT2D eigenvalue weighted by Crippen LogP contribution is 2.34. The molecular weight excluding hydrogens is 489 g/mol. The Morgan fingerprint density at radius 1 is 1.13 bits per heavy atom. The van der Waals surface area contributed by atoms with Gasteiger partial charge in [-0.25, -0.2) is 19.0 Å². The highest BCUT2D eigenvalue weighted by Gasteiger charge is 2.41. The molecule has 1 aliphatic heterocycles. The Kier molecular flexibility index (Phi) is 7.05. The first kappa shape index (κ1) is 25.3. The number of aliphatic hydroxyl groups excluding tert-OH is 1. The minimum absolute atomic E-state index is 0.189. The van der Waals surface area contributed by atoms with Crippen LogP contribution in [0, 0.1) is 25.1 Å². The number of nitrogens with one attached hydrogen (secondary N) is 3. The van der Waals surface area contributed by atoms with Gasteiger partial charge in [0.1, 0.15) is 11.6 Å². The molecule has 4 aromatic heterocycles. The van der Waals surface area contributed by atoms with Crippen molar-refractivity contribution in [3.8, 4) is 5.82 Å². The molecule has 0 aromatic carbocycles. The summed E-state index contributed by atoms with van der Waals surface area (Å²) in [5, 5.41) is 27.4. The minimum Gasteiger partial charge on any atom is -0.395 e. The van der Waals surface area contributed by atoms with Crippen LogP contribution in [0.15, 0.2) is 48.9 Å². The molecule has 11 nitrogen and oxygen atoms in total. The Hall–Kier alpha value is -4.32. The van der Waals surface area contributed by atoms with Gasteiger partial charge in [0.2, 0.25) is 5.91 Å². The van der Waals surface area contributed by atoms with E-state index < -0.39 is 11.2 Å². The van der Waals surface area contributed by atoms with Crippen LogP contribution in [-0.4, -0.2) is 60.7 Å². The molecule has 0 spiro atoms. The summed E-state index contributed by atoms with van der Waals surface area (Å²) in [6.45, 7) is 5.15. The van der Waals surface area contributed by atoms with Crippen LogP contribution < -0.4 is 15.5 Å². The van der Waals surface area contributed by atoms with Crippen molar-refractivity contribution in [2.24, 2.45) is 5.41 Å². The number of nitrogens with zero attached hydrogens (tertiary/aromatic N) is 6. The average molecular weight is 520 g/mol. The second-order valence-electron chi connectivity index (χ2n) is 9.69. The first-order chi connectivity index (χ1) is 18.3. The minimum atomic E-state index is -0.867. The fourth-order valence-electron chi connectivity index (χ4n) is 4.56. The second-order valence-corrected chi connectivity index (χ2v) is 9.69. The van der Waals surface area contributed by atoms with Crippen LogP contribution in [0.1, 0.15) is 29.7 Å². The fourth-order valence-corrected chi connectivity index (χ4v) is 4.56. The number of aryl methyl sites for hydroxylation is 2. The lowest BCUT2D eigenvalue weighted by atomic mass is 9.78. The monoisotopic (exact) mass is 519 g/mol. The molecule has 1 fully saturated rings. The van der Waals surface area contributed by atoms with Gasteiger partial charge in [0.25, 0.3) is 0 Å². The summed E-state index contributed by atoms with van der Waals surface area (Å²) in [6.07, 6.45) is 4.96. The largest absolute Gasteiger partial charge is 0.395 e. The molecule has 0 saturated carbocycles. The van der Waals surface area contributed by atoms with E-state index in [1.807, 2.05) is 32.0 Å². The molecule has 1 saturated heterocycles. The molecule has 0 radical (unpaired) electrons. The van der Waals surface area contributed by atoms with Crippen molar-refractivity contribution >= 4 is 23.4 Å². The maximum absolute atomic E-state index is 13.2. The van der Waals surface area contributed by atoms with Gasteiger partial charge in [-0.05, 0) is 56.0 Å². The predicted octanol–water partition coefficient (Wildman–Crippen LogP) is 2.78. The number of H-pyrrole nitrogens is 1. The third-order valence-electron chi connectivity index (χ3n) is 6.80. The van der Waals surface area contributed by atoms with E-state index in [-0.39, 0.29) is 19.1 Å². The summed E-state index contributed by atoms with van der Waals surface area (Å²) < 4.78 is 14.5. The average Bonchev–Trinajstić information content (AvgIpc) is 3.54. The summed E-state index contributed by atoms with van der Waals surface area (Å²) in [6, 6.07) is 9.39. The smallest absolute Gasteiger partial charge is 0.228 e. The fraction of sp³-hybridized carbons (Fsp3) is 0.346. The molecule has 1 amide bonds. The normalized spacial score (nSPS) is 14.9. The molecular formula is C26H30FN9O2. The van der Waals surface area contributed by atoms with Crippen molar-refractivity contribution in [2.45, 2.75) is 33.2 Å². The zero-order chi connectivity index (χ0) is 26.7. The Labute approximate surface area is 219 Å². The van der Waals surface area contributed by atoms with Crippen molar-refractivity contribution in [3.05, 3.63) is 71.6 Å². The lowest BCUT2D eigenvalue weighted by molar-refractivity contribution is -0.135. The molecule has 5 heterocycles. The number of hydrogen-bond donors (Lipinski definition) is 4. The highest BCUT2D eigenvalue weighted by molar-refractivity contribution is 5.83. The third-order valence-corrected chi connectivity index (χ3v) is 6.80. The Bertz CT molecular complexity index is 1410. The summed E-state index contributed by atoms with van der Waals surface area (Å²) in [7, 11) is 0. The van der Waals surface area contributed by atoms with Gasteiger partial charge in [0.15, 0.2) is 17.5 Å². The second kappa shape index (κ2) is 10.6. The SMILES string of the molecule is Cc1cc(Nc2cc(C)[nH]n2)nc(N2CCC(CO)(C(=O)NCc3ccc(-n4cc(F)cn4)nc3)CC2)c1. The number of aliphatic hydroxyl groups is 1. The number of amides is 1. The number of halogens is 1. The van der Waals surface area contributed by atoms with Gasteiger partial charge in [-0.2, -0.15) is 10.2 Å².